The molecule has 1 atom stereocenters. The average molecular weight is 386 g/mol. The summed E-state index contributed by atoms with van der Waals surface area (Å²) in [4.78, 5) is 15.9. The van der Waals surface area contributed by atoms with Crippen LogP contribution < -0.4 is 14.8 Å². The Morgan fingerprint density at radius 1 is 1.22 bits per heavy atom. The summed E-state index contributed by atoms with van der Waals surface area (Å²) in [5, 5.41) is 5.11. The van der Waals surface area contributed by atoms with E-state index in [1.54, 1.807) is 23.5 Å². The molecule has 0 bridgehead atoms. The van der Waals surface area contributed by atoms with Crippen LogP contribution in [-0.4, -0.2) is 50.4 Å². The van der Waals surface area contributed by atoms with E-state index < -0.39 is 0 Å². The lowest BCUT2D eigenvalue weighted by atomic mass is 10.1. The summed E-state index contributed by atoms with van der Waals surface area (Å²) >= 11 is 1.72. The molecule has 142 valence electrons. The van der Waals surface area contributed by atoms with Crippen molar-refractivity contribution >= 4 is 23.3 Å². The number of thiophene rings is 1. The molecule has 0 saturated carbocycles. The van der Waals surface area contributed by atoms with Crippen LogP contribution in [0.4, 0.5) is 0 Å². The van der Waals surface area contributed by atoms with Gasteiger partial charge in [0, 0.05) is 30.6 Å². The Morgan fingerprint density at radius 3 is 2.89 bits per heavy atom. The van der Waals surface area contributed by atoms with Gasteiger partial charge in [-0.15, -0.1) is 11.3 Å². The number of fused-ring (bicyclic) bond motifs is 1. The molecule has 1 aromatic carbocycles. The first-order valence-electron chi connectivity index (χ1n) is 9.00. The minimum Gasteiger partial charge on any atom is -0.454 e. The predicted octanol–water partition coefficient (Wildman–Crippen LogP) is 2.68. The van der Waals surface area contributed by atoms with Gasteiger partial charge in [0.05, 0.1) is 19.3 Å². The first-order chi connectivity index (χ1) is 13.3. The molecule has 2 aromatic rings. The predicted molar refractivity (Wildman–Crippen MR) is 104 cm³/mol. The second-order valence-electron chi connectivity index (χ2n) is 6.37. The molecular formula is C20H22N2O4S. The minimum absolute atomic E-state index is 0.109. The lowest BCUT2D eigenvalue weighted by Crippen LogP contribution is -2.43. The summed E-state index contributed by atoms with van der Waals surface area (Å²) in [7, 11) is 0. The third-order valence-corrected chi connectivity index (χ3v) is 5.63. The topological polar surface area (TPSA) is 60.0 Å². The van der Waals surface area contributed by atoms with Crippen molar-refractivity contribution in [2.45, 2.75) is 6.04 Å². The molecule has 1 amide bonds. The van der Waals surface area contributed by atoms with Gasteiger partial charge >= 0.3 is 0 Å². The van der Waals surface area contributed by atoms with Crippen LogP contribution in [0.1, 0.15) is 16.5 Å². The van der Waals surface area contributed by atoms with E-state index in [2.05, 4.69) is 27.7 Å². The number of amides is 1. The van der Waals surface area contributed by atoms with E-state index in [1.165, 1.54) is 4.88 Å². The van der Waals surface area contributed by atoms with E-state index in [1.807, 2.05) is 18.2 Å². The quantitative estimate of drug-likeness (QED) is 0.774. The standard InChI is InChI=1S/C20H22N2O4S/c23-20(6-4-15-3-5-17-18(12-15)26-14-25-17)21-13-16(19-2-1-11-27-19)22-7-9-24-10-8-22/h1-6,11-12,16H,7-10,13-14H2,(H,21,23). The van der Waals surface area contributed by atoms with Gasteiger partial charge in [0.2, 0.25) is 12.7 Å². The Kier molecular flexibility index (Phi) is 5.72. The van der Waals surface area contributed by atoms with Crippen LogP contribution >= 0.6 is 11.3 Å². The molecule has 27 heavy (non-hydrogen) atoms. The number of nitrogens with zero attached hydrogens (tertiary/aromatic N) is 1. The number of nitrogens with one attached hydrogen (secondary N) is 1. The number of hydrogen-bond acceptors (Lipinski definition) is 6. The highest BCUT2D eigenvalue weighted by Crippen LogP contribution is 2.32. The van der Waals surface area contributed by atoms with Gasteiger partial charge in [-0.2, -0.15) is 0 Å². The molecule has 1 unspecified atom stereocenters. The average Bonchev–Trinajstić information content (AvgIpc) is 3.39. The number of hydrogen-bond donors (Lipinski definition) is 1. The first-order valence-corrected chi connectivity index (χ1v) is 9.88. The van der Waals surface area contributed by atoms with Gasteiger partial charge < -0.3 is 19.5 Å². The van der Waals surface area contributed by atoms with E-state index >= 15 is 0 Å². The van der Waals surface area contributed by atoms with Gasteiger partial charge in [0.15, 0.2) is 11.5 Å². The number of rotatable bonds is 6. The van der Waals surface area contributed by atoms with Crippen LogP contribution in [0.3, 0.4) is 0 Å². The zero-order valence-electron chi connectivity index (χ0n) is 14.9. The summed E-state index contributed by atoms with van der Waals surface area (Å²) in [6, 6.07) is 9.98. The molecule has 7 heteroatoms. The van der Waals surface area contributed by atoms with Gasteiger partial charge in [-0.1, -0.05) is 12.1 Å². The molecule has 3 heterocycles. The maximum atomic E-state index is 12.3. The molecule has 0 spiro atoms. The highest BCUT2D eigenvalue weighted by molar-refractivity contribution is 7.10. The lowest BCUT2D eigenvalue weighted by Gasteiger charge is -2.34. The van der Waals surface area contributed by atoms with E-state index in [4.69, 9.17) is 14.2 Å². The molecule has 1 aromatic heterocycles. The summed E-state index contributed by atoms with van der Waals surface area (Å²) in [5.74, 6) is 1.34. The fourth-order valence-corrected chi connectivity index (χ4v) is 4.09. The number of carbonyl (C=O) groups is 1. The summed E-state index contributed by atoms with van der Waals surface area (Å²) < 4.78 is 16.1. The van der Waals surface area contributed by atoms with Crippen LogP contribution in [0, 0.1) is 0 Å². The Morgan fingerprint density at radius 2 is 2.07 bits per heavy atom. The maximum absolute atomic E-state index is 12.3. The van der Waals surface area contributed by atoms with Crippen LogP contribution in [-0.2, 0) is 9.53 Å². The fourth-order valence-electron chi connectivity index (χ4n) is 3.22. The highest BCUT2D eigenvalue weighted by atomic mass is 32.1. The zero-order valence-corrected chi connectivity index (χ0v) is 15.7. The molecule has 1 fully saturated rings. The number of morpholine rings is 1. The van der Waals surface area contributed by atoms with Crippen molar-refractivity contribution in [2.24, 2.45) is 0 Å². The smallest absolute Gasteiger partial charge is 0.244 e. The summed E-state index contributed by atoms with van der Waals surface area (Å²) in [6.07, 6.45) is 3.34. The van der Waals surface area contributed by atoms with Crippen molar-refractivity contribution in [2.75, 3.05) is 39.6 Å². The van der Waals surface area contributed by atoms with Crippen LogP contribution in [0.5, 0.6) is 11.5 Å². The van der Waals surface area contributed by atoms with Crippen molar-refractivity contribution in [1.82, 2.24) is 10.2 Å². The third kappa shape index (κ3) is 4.50. The number of ether oxygens (including phenoxy) is 3. The minimum atomic E-state index is -0.109. The molecule has 0 radical (unpaired) electrons. The zero-order chi connectivity index (χ0) is 18.5. The largest absolute Gasteiger partial charge is 0.454 e. The van der Waals surface area contributed by atoms with Gasteiger partial charge in [-0.25, -0.2) is 0 Å². The van der Waals surface area contributed by atoms with E-state index in [9.17, 15) is 4.79 Å². The first kappa shape index (κ1) is 18.0. The molecular weight excluding hydrogens is 364 g/mol. The SMILES string of the molecule is O=C(C=Cc1ccc2c(c1)OCO2)NCC(c1cccs1)N1CCOCC1. The van der Waals surface area contributed by atoms with Crippen molar-refractivity contribution in [3.05, 3.63) is 52.2 Å². The van der Waals surface area contributed by atoms with Gasteiger partial charge in [-0.3, -0.25) is 9.69 Å². The third-order valence-electron chi connectivity index (χ3n) is 4.65. The normalized spacial score (nSPS) is 17.9. The Balaban J connectivity index is 1.36. The van der Waals surface area contributed by atoms with Crippen LogP contribution in [0.15, 0.2) is 41.8 Å². The van der Waals surface area contributed by atoms with Gasteiger partial charge in [-0.05, 0) is 35.2 Å². The van der Waals surface area contributed by atoms with Crippen molar-refractivity contribution in [3.63, 3.8) is 0 Å². The van der Waals surface area contributed by atoms with Crippen molar-refractivity contribution in [1.29, 1.82) is 0 Å². The van der Waals surface area contributed by atoms with Crippen LogP contribution in [0.25, 0.3) is 6.08 Å². The monoisotopic (exact) mass is 386 g/mol. The van der Waals surface area contributed by atoms with Crippen molar-refractivity contribution < 1.29 is 19.0 Å². The van der Waals surface area contributed by atoms with E-state index in [-0.39, 0.29) is 18.7 Å². The van der Waals surface area contributed by atoms with Crippen LogP contribution in [0.2, 0.25) is 0 Å². The van der Waals surface area contributed by atoms with E-state index in [0.29, 0.717) is 12.3 Å². The van der Waals surface area contributed by atoms with E-state index in [0.717, 1.165) is 37.6 Å². The number of benzene rings is 1. The Hall–Kier alpha value is -2.35. The molecule has 4 rings (SSSR count). The fraction of sp³-hybridized carbons (Fsp3) is 0.350. The Labute approximate surface area is 162 Å². The highest BCUT2D eigenvalue weighted by Gasteiger charge is 2.23. The second kappa shape index (κ2) is 8.56. The molecule has 6 nitrogen and oxygen atoms in total. The van der Waals surface area contributed by atoms with Gasteiger partial charge in [0.1, 0.15) is 0 Å². The molecule has 2 aliphatic rings. The lowest BCUT2D eigenvalue weighted by molar-refractivity contribution is -0.116. The van der Waals surface area contributed by atoms with Crippen molar-refractivity contribution in [3.8, 4) is 11.5 Å². The summed E-state index contributed by atoms with van der Waals surface area (Å²) in [5.41, 5.74) is 0.900. The maximum Gasteiger partial charge on any atom is 0.244 e. The molecule has 1 saturated heterocycles. The second-order valence-corrected chi connectivity index (χ2v) is 7.35. The molecule has 0 aliphatic carbocycles. The Bertz CT molecular complexity index is 800. The summed E-state index contributed by atoms with van der Waals surface area (Å²) in [6.45, 7) is 4.05. The molecule has 1 N–H and O–H groups in total. The number of carbonyl (C=O) groups excluding carboxylic acids is 1. The molecule has 2 aliphatic heterocycles. The van der Waals surface area contributed by atoms with Gasteiger partial charge in [0.25, 0.3) is 0 Å².